The van der Waals surface area contributed by atoms with E-state index in [1.807, 2.05) is 0 Å². The maximum atomic E-state index is 14.3. The number of hydrogen-bond acceptors (Lipinski definition) is 9. The number of fused-ring (bicyclic) bond motifs is 1. The van der Waals surface area contributed by atoms with E-state index in [-0.39, 0.29) is 18.2 Å². The summed E-state index contributed by atoms with van der Waals surface area (Å²) in [5, 5.41) is 11.0. The normalized spacial score (nSPS) is 18.0. The topological polar surface area (TPSA) is 129 Å². The van der Waals surface area contributed by atoms with Gasteiger partial charge in [0, 0.05) is 25.1 Å². The van der Waals surface area contributed by atoms with Gasteiger partial charge < -0.3 is 23.9 Å². The van der Waals surface area contributed by atoms with Crippen molar-refractivity contribution in [3.05, 3.63) is 68.7 Å². The second-order valence-electron chi connectivity index (χ2n) is 10.6. The van der Waals surface area contributed by atoms with Gasteiger partial charge in [-0.2, -0.15) is 0 Å². The van der Waals surface area contributed by atoms with Gasteiger partial charge in [0.1, 0.15) is 28.5 Å². The third kappa shape index (κ3) is 4.27. The highest BCUT2D eigenvalue weighted by molar-refractivity contribution is 7.22. The molecular formula is C28H30N4O7S. The van der Waals surface area contributed by atoms with E-state index >= 15 is 0 Å². The Morgan fingerprint density at radius 2 is 2.02 bits per heavy atom. The molecule has 2 fully saturated rings. The molecule has 2 aliphatic heterocycles. The second kappa shape index (κ2) is 10.0. The van der Waals surface area contributed by atoms with Crippen molar-refractivity contribution in [3.63, 3.8) is 0 Å². The predicted molar refractivity (Wildman–Crippen MR) is 147 cm³/mol. The Balaban J connectivity index is 1.58. The van der Waals surface area contributed by atoms with E-state index in [1.54, 1.807) is 49.9 Å². The maximum Gasteiger partial charge on any atom is 0.333 e. The Bertz CT molecular complexity index is 1690. The van der Waals surface area contributed by atoms with Gasteiger partial charge in [0.05, 0.1) is 29.6 Å². The summed E-state index contributed by atoms with van der Waals surface area (Å²) >= 11 is 1.22. The van der Waals surface area contributed by atoms with Crippen LogP contribution in [0.4, 0.5) is 0 Å². The van der Waals surface area contributed by atoms with Crippen molar-refractivity contribution in [1.82, 2.24) is 19.0 Å². The molecule has 1 N–H and O–H groups in total. The molecule has 2 atom stereocenters. The van der Waals surface area contributed by atoms with E-state index < -0.39 is 29.2 Å². The van der Waals surface area contributed by atoms with Crippen molar-refractivity contribution in [2.75, 3.05) is 19.7 Å². The van der Waals surface area contributed by atoms with E-state index in [1.165, 1.54) is 28.4 Å². The van der Waals surface area contributed by atoms with Crippen LogP contribution in [0.1, 0.15) is 43.9 Å². The minimum atomic E-state index is -1.44. The number of hydrogen-bond donors (Lipinski definition) is 1. The van der Waals surface area contributed by atoms with Crippen LogP contribution in [-0.2, 0) is 26.4 Å². The number of carbonyl (C=O) groups is 1. The smallest absolute Gasteiger partial charge is 0.333 e. The Labute approximate surface area is 233 Å². The maximum absolute atomic E-state index is 14.3. The summed E-state index contributed by atoms with van der Waals surface area (Å²) < 4.78 is 19.8. The number of aryl methyl sites for hydroxylation is 1. The van der Waals surface area contributed by atoms with Crippen LogP contribution in [0.5, 0.6) is 5.75 Å². The van der Waals surface area contributed by atoms with Crippen LogP contribution in [0.3, 0.4) is 0 Å². The largest absolute Gasteiger partial charge is 0.508 e. The summed E-state index contributed by atoms with van der Waals surface area (Å²) in [5.41, 5.74) is -1.55. The monoisotopic (exact) mass is 566 g/mol. The fraction of sp³-hybridized carbons (Fsp3) is 0.429. The van der Waals surface area contributed by atoms with Crippen LogP contribution in [0.2, 0.25) is 0 Å². The molecule has 1 aromatic carbocycles. The van der Waals surface area contributed by atoms with Gasteiger partial charge in [0.25, 0.3) is 5.56 Å². The Kier molecular flexibility index (Phi) is 6.64. The number of benzene rings is 1. The van der Waals surface area contributed by atoms with Crippen LogP contribution >= 0.6 is 11.3 Å². The summed E-state index contributed by atoms with van der Waals surface area (Å²) in [5.74, 6) is 0.0533. The average Bonchev–Trinajstić information content (AvgIpc) is 3.50. The van der Waals surface area contributed by atoms with Crippen LogP contribution in [0, 0.1) is 6.92 Å². The number of thiophene rings is 1. The predicted octanol–water partition coefficient (Wildman–Crippen LogP) is 3.37. The lowest BCUT2D eigenvalue weighted by molar-refractivity contribution is -0.239. The minimum absolute atomic E-state index is 0.0144. The van der Waals surface area contributed by atoms with E-state index in [0.717, 1.165) is 11.0 Å². The zero-order valence-corrected chi connectivity index (χ0v) is 23.3. The third-order valence-corrected chi connectivity index (χ3v) is 8.97. The molecule has 0 spiro atoms. The molecule has 5 heterocycles. The number of nitrogens with zero attached hydrogens (tertiary/aromatic N) is 4. The first-order chi connectivity index (χ1) is 19.2. The minimum Gasteiger partial charge on any atom is -0.508 e. The van der Waals surface area contributed by atoms with Crippen molar-refractivity contribution < 1.29 is 23.8 Å². The molecule has 0 radical (unpaired) electrons. The van der Waals surface area contributed by atoms with Gasteiger partial charge in [0.2, 0.25) is 11.8 Å². The fourth-order valence-electron chi connectivity index (χ4n) is 5.19. The SMILES string of the molecule is Cc1c(-c2ncco2)sc2c1c(=O)n(C(C)(C)C(=O)N1CCC1)c(=O)n2C[C@H](OC1CCO1)c1ccccc1O. The van der Waals surface area contributed by atoms with Crippen LogP contribution < -0.4 is 11.2 Å². The molecule has 1 amide bonds. The van der Waals surface area contributed by atoms with E-state index in [2.05, 4.69) is 4.98 Å². The van der Waals surface area contributed by atoms with Crippen LogP contribution in [0.25, 0.3) is 21.0 Å². The molecule has 0 bridgehead atoms. The molecule has 40 heavy (non-hydrogen) atoms. The first-order valence-electron chi connectivity index (χ1n) is 13.2. The van der Waals surface area contributed by atoms with Gasteiger partial charge in [-0.3, -0.25) is 14.2 Å². The molecule has 1 unspecified atom stereocenters. The Hall–Kier alpha value is -3.74. The molecule has 2 aliphatic rings. The standard InChI is InChI=1S/C28H30N4O7S/c1-16-21-24(34)32(28(2,3)26(35)30-11-6-12-30)27(36)31(25(21)40-22(16)23-29-10-14-38-23)15-19(39-20-9-13-37-20)17-7-4-5-8-18(17)33/h4-5,7-8,10,14,19-20,33H,6,9,11-13,15H2,1-3H3/t19-,20?/m0/s1. The first-order valence-corrected chi connectivity index (χ1v) is 14.0. The molecule has 4 aromatic rings. The highest BCUT2D eigenvalue weighted by atomic mass is 32.1. The number of carbonyl (C=O) groups excluding carboxylic acids is 1. The molecule has 3 aromatic heterocycles. The summed E-state index contributed by atoms with van der Waals surface area (Å²) in [6, 6.07) is 6.76. The van der Waals surface area contributed by atoms with Crippen molar-refractivity contribution >= 4 is 27.5 Å². The number of likely N-dealkylation sites (tertiary alicyclic amines) is 1. The van der Waals surface area contributed by atoms with Gasteiger partial charge in [-0.15, -0.1) is 11.3 Å². The highest BCUT2D eigenvalue weighted by Gasteiger charge is 2.40. The van der Waals surface area contributed by atoms with Crippen molar-refractivity contribution in [3.8, 4) is 16.5 Å². The number of phenols is 1. The lowest BCUT2D eigenvalue weighted by Gasteiger charge is -2.38. The van der Waals surface area contributed by atoms with Gasteiger partial charge in [0.15, 0.2) is 6.29 Å². The van der Waals surface area contributed by atoms with Crippen LogP contribution in [-0.4, -0.2) is 56.0 Å². The Morgan fingerprint density at radius 1 is 1.27 bits per heavy atom. The zero-order valence-electron chi connectivity index (χ0n) is 22.5. The van der Waals surface area contributed by atoms with E-state index in [9.17, 15) is 19.5 Å². The summed E-state index contributed by atoms with van der Waals surface area (Å²) in [6.45, 7) is 6.68. The molecule has 0 saturated carbocycles. The summed E-state index contributed by atoms with van der Waals surface area (Å²) in [7, 11) is 0. The van der Waals surface area contributed by atoms with Crippen molar-refractivity contribution in [2.24, 2.45) is 0 Å². The molecule has 0 aliphatic carbocycles. The number of phenolic OH excluding ortho intramolecular Hbond substituents is 1. The van der Waals surface area contributed by atoms with Gasteiger partial charge in [-0.1, -0.05) is 18.2 Å². The lowest BCUT2D eigenvalue weighted by Crippen LogP contribution is -2.59. The Morgan fingerprint density at radius 3 is 2.62 bits per heavy atom. The number of ether oxygens (including phenoxy) is 2. The van der Waals surface area contributed by atoms with E-state index in [0.29, 0.717) is 58.2 Å². The number of rotatable bonds is 8. The molecular weight excluding hydrogens is 536 g/mol. The van der Waals surface area contributed by atoms with Crippen LogP contribution in [0.15, 0.2) is 50.7 Å². The molecule has 11 nitrogen and oxygen atoms in total. The number of aromatic hydroxyl groups is 1. The molecule has 2 saturated heterocycles. The summed E-state index contributed by atoms with van der Waals surface area (Å²) in [4.78, 5) is 48.8. The lowest BCUT2D eigenvalue weighted by atomic mass is 10.00. The second-order valence-corrected chi connectivity index (χ2v) is 11.6. The molecule has 6 rings (SSSR count). The van der Waals surface area contributed by atoms with Gasteiger partial charge in [-0.25, -0.2) is 14.3 Å². The van der Waals surface area contributed by atoms with Gasteiger partial charge in [-0.05, 0) is 38.8 Å². The number of amides is 1. The molecule has 12 heteroatoms. The highest BCUT2D eigenvalue weighted by Crippen LogP contribution is 2.38. The van der Waals surface area contributed by atoms with Crippen molar-refractivity contribution in [2.45, 2.75) is 58.1 Å². The summed E-state index contributed by atoms with van der Waals surface area (Å²) in [6.07, 6.45) is 3.25. The van der Waals surface area contributed by atoms with E-state index in [4.69, 9.17) is 13.9 Å². The quantitative estimate of drug-likeness (QED) is 0.344. The van der Waals surface area contributed by atoms with Crippen molar-refractivity contribution in [1.29, 1.82) is 0 Å². The zero-order chi connectivity index (χ0) is 28.2. The number of para-hydroxylation sites is 1. The number of aromatic nitrogens is 3. The fourth-order valence-corrected chi connectivity index (χ4v) is 6.43. The third-order valence-electron chi connectivity index (χ3n) is 7.67. The first kappa shape index (κ1) is 26.5. The van der Waals surface area contributed by atoms with Gasteiger partial charge >= 0.3 is 5.69 Å². The average molecular weight is 567 g/mol. The molecule has 210 valence electrons. The number of oxazole rings is 1.